The van der Waals surface area contributed by atoms with Crippen LogP contribution in [0.4, 0.5) is 0 Å². The molecule has 0 spiro atoms. The first-order chi connectivity index (χ1) is 7.13. The molecular formula is C11H15BrClNO. The van der Waals surface area contributed by atoms with E-state index < -0.39 is 0 Å². The van der Waals surface area contributed by atoms with Gasteiger partial charge in [0, 0.05) is 4.47 Å². The van der Waals surface area contributed by atoms with Crippen molar-refractivity contribution in [3.05, 3.63) is 27.7 Å². The Balaban J connectivity index is 2.56. The summed E-state index contributed by atoms with van der Waals surface area (Å²) in [7, 11) is 0. The fraction of sp³-hybridized carbons (Fsp3) is 0.455. The lowest BCUT2D eigenvalue weighted by Gasteiger charge is -2.15. The van der Waals surface area contributed by atoms with E-state index in [0.717, 1.165) is 23.1 Å². The van der Waals surface area contributed by atoms with Gasteiger partial charge in [0.25, 0.3) is 0 Å². The summed E-state index contributed by atoms with van der Waals surface area (Å²) >= 11 is 9.38. The third-order valence-electron chi connectivity index (χ3n) is 2.04. The van der Waals surface area contributed by atoms with Crippen LogP contribution >= 0.6 is 27.5 Å². The van der Waals surface area contributed by atoms with Gasteiger partial charge in [0.05, 0.1) is 11.1 Å². The summed E-state index contributed by atoms with van der Waals surface area (Å²) in [5.41, 5.74) is 5.43. The standard InChI is InChI=1S/C11H15BrClNO/c1-8(3-2-6-14)15-11-5-4-9(12)7-10(11)13/h4-5,7-8H,2-3,6,14H2,1H3. The first kappa shape index (κ1) is 12.8. The zero-order valence-corrected chi connectivity index (χ0v) is 11.0. The van der Waals surface area contributed by atoms with Gasteiger partial charge < -0.3 is 10.5 Å². The molecule has 0 aliphatic heterocycles. The van der Waals surface area contributed by atoms with Gasteiger partial charge in [0.1, 0.15) is 5.75 Å². The van der Waals surface area contributed by atoms with Crippen molar-refractivity contribution in [1.29, 1.82) is 0 Å². The monoisotopic (exact) mass is 291 g/mol. The predicted octanol–water partition coefficient (Wildman–Crippen LogP) is 3.61. The molecule has 2 N–H and O–H groups in total. The van der Waals surface area contributed by atoms with E-state index in [9.17, 15) is 0 Å². The summed E-state index contributed by atoms with van der Waals surface area (Å²) in [5, 5.41) is 0.629. The summed E-state index contributed by atoms with van der Waals surface area (Å²) in [6.07, 6.45) is 2.06. The Hall–Kier alpha value is -0.250. The van der Waals surface area contributed by atoms with Crippen LogP contribution in [0.1, 0.15) is 19.8 Å². The molecule has 1 atom stereocenters. The van der Waals surface area contributed by atoms with Crippen LogP contribution in [0, 0.1) is 0 Å². The minimum atomic E-state index is 0.146. The quantitative estimate of drug-likeness (QED) is 0.900. The fourth-order valence-electron chi connectivity index (χ4n) is 1.25. The third kappa shape index (κ3) is 4.41. The molecule has 1 rings (SSSR count). The van der Waals surface area contributed by atoms with Crippen LogP contribution in [0.3, 0.4) is 0 Å². The Bertz CT molecular complexity index is 319. The maximum atomic E-state index is 6.03. The maximum Gasteiger partial charge on any atom is 0.138 e. The van der Waals surface area contributed by atoms with Crippen molar-refractivity contribution >= 4 is 27.5 Å². The molecule has 1 aromatic rings. The Morgan fingerprint density at radius 3 is 2.87 bits per heavy atom. The summed E-state index contributed by atoms with van der Waals surface area (Å²) in [4.78, 5) is 0. The smallest absolute Gasteiger partial charge is 0.138 e. The van der Waals surface area contributed by atoms with Gasteiger partial charge in [0.2, 0.25) is 0 Å². The van der Waals surface area contributed by atoms with E-state index >= 15 is 0 Å². The van der Waals surface area contributed by atoms with Gasteiger partial charge in [-0.2, -0.15) is 0 Å². The molecule has 1 unspecified atom stereocenters. The van der Waals surface area contributed by atoms with Crippen molar-refractivity contribution in [3.8, 4) is 5.75 Å². The number of benzene rings is 1. The van der Waals surface area contributed by atoms with Crippen LogP contribution in [0.25, 0.3) is 0 Å². The molecule has 0 fully saturated rings. The minimum Gasteiger partial charge on any atom is -0.489 e. The summed E-state index contributed by atoms with van der Waals surface area (Å²) in [6.45, 7) is 2.72. The van der Waals surface area contributed by atoms with Crippen molar-refractivity contribution in [3.63, 3.8) is 0 Å². The second kappa shape index (κ2) is 6.36. The first-order valence-electron chi connectivity index (χ1n) is 4.95. The Labute approximate surface area is 104 Å². The van der Waals surface area contributed by atoms with Gasteiger partial charge in [-0.05, 0) is 44.5 Å². The number of hydrogen-bond donors (Lipinski definition) is 1. The molecule has 0 amide bonds. The molecule has 2 nitrogen and oxygen atoms in total. The number of halogens is 2. The van der Waals surface area contributed by atoms with Crippen LogP contribution in [0.2, 0.25) is 5.02 Å². The van der Waals surface area contributed by atoms with E-state index in [-0.39, 0.29) is 6.10 Å². The molecule has 84 valence electrons. The Morgan fingerprint density at radius 1 is 1.53 bits per heavy atom. The molecule has 0 bridgehead atoms. The molecule has 0 aliphatic rings. The fourth-order valence-corrected chi connectivity index (χ4v) is 1.97. The van der Waals surface area contributed by atoms with Gasteiger partial charge in [-0.3, -0.25) is 0 Å². The van der Waals surface area contributed by atoms with Crippen LogP contribution in [-0.2, 0) is 0 Å². The highest BCUT2D eigenvalue weighted by molar-refractivity contribution is 9.10. The van der Waals surface area contributed by atoms with Gasteiger partial charge in [0.15, 0.2) is 0 Å². The number of ether oxygens (including phenoxy) is 1. The normalized spacial score (nSPS) is 12.5. The first-order valence-corrected chi connectivity index (χ1v) is 6.12. The lowest BCUT2D eigenvalue weighted by atomic mass is 10.2. The van der Waals surface area contributed by atoms with E-state index in [1.807, 2.05) is 25.1 Å². The van der Waals surface area contributed by atoms with E-state index in [4.69, 9.17) is 22.1 Å². The number of hydrogen-bond acceptors (Lipinski definition) is 2. The molecule has 0 radical (unpaired) electrons. The SMILES string of the molecule is CC(CCCN)Oc1ccc(Br)cc1Cl. The molecule has 15 heavy (non-hydrogen) atoms. The average molecular weight is 293 g/mol. The topological polar surface area (TPSA) is 35.2 Å². The lowest BCUT2D eigenvalue weighted by Crippen LogP contribution is -2.14. The number of rotatable bonds is 5. The summed E-state index contributed by atoms with van der Waals surface area (Å²) in [6, 6.07) is 5.61. The molecule has 0 saturated heterocycles. The highest BCUT2D eigenvalue weighted by atomic mass is 79.9. The van der Waals surface area contributed by atoms with E-state index in [0.29, 0.717) is 11.6 Å². The van der Waals surface area contributed by atoms with Crippen molar-refractivity contribution in [2.75, 3.05) is 6.54 Å². The van der Waals surface area contributed by atoms with E-state index in [1.165, 1.54) is 0 Å². The summed E-state index contributed by atoms with van der Waals surface area (Å²) in [5.74, 6) is 0.726. The Morgan fingerprint density at radius 2 is 2.27 bits per heavy atom. The molecule has 0 heterocycles. The van der Waals surface area contributed by atoms with Crippen LogP contribution in [-0.4, -0.2) is 12.6 Å². The summed E-state index contributed by atoms with van der Waals surface area (Å²) < 4.78 is 6.65. The van der Waals surface area contributed by atoms with Gasteiger partial charge in [-0.25, -0.2) is 0 Å². The number of nitrogens with two attached hydrogens (primary N) is 1. The van der Waals surface area contributed by atoms with Crippen molar-refractivity contribution in [2.45, 2.75) is 25.9 Å². The maximum absolute atomic E-state index is 6.03. The molecule has 0 aliphatic carbocycles. The van der Waals surface area contributed by atoms with Gasteiger partial charge in [-0.1, -0.05) is 27.5 Å². The van der Waals surface area contributed by atoms with Gasteiger partial charge >= 0.3 is 0 Å². The van der Waals surface area contributed by atoms with Crippen molar-refractivity contribution < 1.29 is 4.74 Å². The molecule has 0 saturated carbocycles. The third-order valence-corrected chi connectivity index (χ3v) is 2.83. The van der Waals surface area contributed by atoms with Crippen LogP contribution in [0.15, 0.2) is 22.7 Å². The zero-order chi connectivity index (χ0) is 11.3. The van der Waals surface area contributed by atoms with Crippen molar-refractivity contribution in [1.82, 2.24) is 0 Å². The van der Waals surface area contributed by atoms with Crippen molar-refractivity contribution in [2.24, 2.45) is 5.73 Å². The molecule has 0 aromatic heterocycles. The Kier molecular flexibility index (Phi) is 5.43. The predicted molar refractivity (Wildman–Crippen MR) is 67.5 cm³/mol. The molecular weight excluding hydrogens is 277 g/mol. The highest BCUT2D eigenvalue weighted by Crippen LogP contribution is 2.28. The van der Waals surface area contributed by atoms with Gasteiger partial charge in [-0.15, -0.1) is 0 Å². The average Bonchev–Trinajstić information content (AvgIpc) is 2.19. The van der Waals surface area contributed by atoms with E-state index in [2.05, 4.69) is 15.9 Å². The second-order valence-corrected chi connectivity index (χ2v) is 4.76. The largest absolute Gasteiger partial charge is 0.489 e. The van der Waals surface area contributed by atoms with Crippen LogP contribution < -0.4 is 10.5 Å². The van der Waals surface area contributed by atoms with E-state index in [1.54, 1.807) is 0 Å². The molecule has 4 heteroatoms. The molecule has 1 aromatic carbocycles. The van der Waals surface area contributed by atoms with Crippen LogP contribution in [0.5, 0.6) is 5.75 Å². The lowest BCUT2D eigenvalue weighted by molar-refractivity contribution is 0.209. The second-order valence-electron chi connectivity index (χ2n) is 3.43. The minimum absolute atomic E-state index is 0.146. The highest BCUT2D eigenvalue weighted by Gasteiger charge is 2.07. The zero-order valence-electron chi connectivity index (χ0n) is 8.67.